The summed E-state index contributed by atoms with van der Waals surface area (Å²) in [5, 5.41) is 4.19. The number of hydrogen-bond donors (Lipinski definition) is 1. The van der Waals surface area contributed by atoms with Crippen molar-refractivity contribution >= 4 is 5.69 Å². The summed E-state index contributed by atoms with van der Waals surface area (Å²) in [5.41, 5.74) is 9.38. The van der Waals surface area contributed by atoms with E-state index in [-0.39, 0.29) is 6.04 Å². The maximum atomic E-state index is 6.35. The molecule has 1 aromatic heterocycles. The number of methoxy groups -OCH3 is 1. The van der Waals surface area contributed by atoms with Gasteiger partial charge in [-0.3, -0.25) is 4.68 Å². The lowest BCUT2D eigenvalue weighted by Crippen LogP contribution is -2.17. The van der Waals surface area contributed by atoms with Crippen molar-refractivity contribution in [3.8, 4) is 5.75 Å². The number of nitrogens with zero attached hydrogens (tertiary/aromatic N) is 3. The van der Waals surface area contributed by atoms with Crippen molar-refractivity contribution in [1.29, 1.82) is 0 Å². The Bertz CT molecular complexity index is 562. The number of nitrogens with two attached hydrogens (primary N) is 1. The normalized spacial score (nSPS) is 12.3. The summed E-state index contributed by atoms with van der Waals surface area (Å²) in [6, 6.07) is 7.90. The highest BCUT2D eigenvalue weighted by Crippen LogP contribution is 2.29. The van der Waals surface area contributed by atoms with E-state index in [9.17, 15) is 0 Å². The lowest BCUT2D eigenvalue weighted by Gasteiger charge is -2.18. The highest BCUT2D eigenvalue weighted by molar-refractivity contribution is 5.49. The number of rotatable bonds is 4. The zero-order valence-electron chi connectivity index (χ0n) is 11.8. The van der Waals surface area contributed by atoms with Crippen LogP contribution in [0.25, 0.3) is 0 Å². The van der Waals surface area contributed by atoms with Crippen molar-refractivity contribution in [1.82, 2.24) is 9.78 Å². The van der Waals surface area contributed by atoms with Gasteiger partial charge in [-0.2, -0.15) is 5.10 Å². The van der Waals surface area contributed by atoms with E-state index < -0.39 is 0 Å². The molecule has 0 saturated heterocycles. The number of aryl methyl sites for hydroxylation is 1. The Hall–Kier alpha value is -2.01. The van der Waals surface area contributed by atoms with Crippen LogP contribution in [0.3, 0.4) is 0 Å². The summed E-state index contributed by atoms with van der Waals surface area (Å²) in [7, 11) is 7.52. The first-order valence-corrected chi connectivity index (χ1v) is 6.13. The topological polar surface area (TPSA) is 56.3 Å². The molecule has 102 valence electrons. The van der Waals surface area contributed by atoms with Gasteiger partial charge in [0.1, 0.15) is 5.69 Å². The van der Waals surface area contributed by atoms with Crippen LogP contribution in [0.15, 0.2) is 30.5 Å². The van der Waals surface area contributed by atoms with Crippen LogP contribution in [0.4, 0.5) is 5.69 Å². The van der Waals surface area contributed by atoms with Gasteiger partial charge in [0.05, 0.1) is 19.3 Å². The first kappa shape index (κ1) is 13.4. The standard InChI is InChI=1S/C14H20N4O/c1-17(2)11-7-5-6-10(8-11)13(15)14-12(19-4)9-16-18(14)3/h5-9,13H,15H2,1-4H3. The number of ether oxygens (including phenoxy) is 1. The van der Waals surface area contributed by atoms with Crippen molar-refractivity contribution in [2.75, 3.05) is 26.1 Å². The van der Waals surface area contributed by atoms with Gasteiger partial charge in [-0.25, -0.2) is 0 Å². The van der Waals surface area contributed by atoms with Crippen LogP contribution in [-0.2, 0) is 7.05 Å². The Morgan fingerprint density at radius 3 is 2.74 bits per heavy atom. The van der Waals surface area contributed by atoms with Crippen molar-refractivity contribution in [3.05, 3.63) is 41.7 Å². The lowest BCUT2D eigenvalue weighted by molar-refractivity contribution is 0.406. The van der Waals surface area contributed by atoms with Gasteiger partial charge < -0.3 is 15.4 Å². The zero-order valence-corrected chi connectivity index (χ0v) is 11.8. The second kappa shape index (κ2) is 5.32. The Morgan fingerprint density at radius 1 is 1.37 bits per heavy atom. The van der Waals surface area contributed by atoms with E-state index in [0.29, 0.717) is 5.75 Å². The second-order valence-electron chi connectivity index (χ2n) is 4.69. The molecular weight excluding hydrogens is 240 g/mol. The Balaban J connectivity index is 2.41. The van der Waals surface area contributed by atoms with Crippen molar-refractivity contribution in [3.63, 3.8) is 0 Å². The highest BCUT2D eigenvalue weighted by atomic mass is 16.5. The molecular formula is C14H20N4O. The fraction of sp³-hybridized carbons (Fsp3) is 0.357. The molecule has 5 nitrogen and oxygen atoms in total. The molecule has 2 N–H and O–H groups in total. The van der Waals surface area contributed by atoms with Gasteiger partial charge in [-0.05, 0) is 17.7 Å². The molecule has 0 aliphatic heterocycles. The summed E-state index contributed by atoms with van der Waals surface area (Å²) in [6.07, 6.45) is 1.69. The van der Waals surface area contributed by atoms with Crippen molar-refractivity contribution < 1.29 is 4.74 Å². The average molecular weight is 260 g/mol. The molecule has 0 saturated carbocycles. The van der Waals surface area contributed by atoms with Gasteiger partial charge in [-0.1, -0.05) is 12.1 Å². The molecule has 2 aromatic rings. The summed E-state index contributed by atoms with van der Waals surface area (Å²) in [4.78, 5) is 2.05. The van der Waals surface area contributed by atoms with Crippen LogP contribution in [-0.4, -0.2) is 31.0 Å². The maximum Gasteiger partial charge on any atom is 0.161 e. The van der Waals surface area contributed by atoms with Crippen molar-refractivity contribution in [2.45, 2.75) is 6.04 Å². The van der Waals surface area contributed by atoms with Gasteiger partial charge in [0.15, 0.2) is 5.75 Å². The van der Waals surface area contributed by atoms with Gasteiger partial charge in [-0.15, -0.1) is 0 Å². The largest absolute Gasteiger partial charge is 0.493 e. The Labute approximate surface area is 113 Å². The van der Waals surface area contributed by atoms with Crippen LogP contribution >= 0.6 is 0 Å². The molecule has 1 unspecified atom stereocenters. The van der Waals surface area contributed by atoms with E-state index in [0.717, 1.165) is 16.9 Å². The minimum Gasteiger partial charge on any atom is -0.493 e. The van der Waals surface area contributed by atoms with E-state index in [1.807, 2.05) is 33.3 Å². The number of anilines is 1. The quantitative estimate of drug-likeness (QED) is 0.906. The highest BCUT2D eigenvalue weighted by Gasteiger charge is 2.19. The molecule has 0 aliphatic carbocycles. The smallest absolute Gasteiger partial charge is 0.161 e. The average Bonchev–Trinajstić information content (AvgIpc) is 2.79. The van der Waals surface area contributed by atoms with Crippen LogP contribution in [0.1, 0.15) is 17.3 Å². The third-order valence-electron chi connectivity index (χ3n) is 3.21. The predicted molar refractivity (Wildman–Crippen MR) is 76.6 cm³/mol. The van der Waals surface area contributed by atoms with E-state index in [1.165, 1.54) is 0 Å². The fourth-order valence-corrected chi connectivity index (χ4v) is 2.09. The monoisotopic (exact) mass is 260 g/mol. The van der Waals surface area contributed by atoms with E-state index in [2.05, 4.69) is 22.1 Å². The zero-order chi connectivity index (χ0) is 14.0. The summed E-state index contributed by atoms with van der Waals surface area (Å²) < 4.78 is 7.07. The van der Waals surface area contributed by atoms with E-state index in [1.54, 1.807) is 18.0 Å². The molecule has 0 amide bonds. The minimum absolute atomic E-state index is 0.262. The third kappa shape index (κ3) is 2.56. The summed E-state index contributed by atoms with van der Waals surface area (Å²) in [6.45, 7) is 0. The lowest BCUT2D eigenvalue weighted by atomic mass is 10.0. The SMILES string of the molecule is COc1cnn(C)c1C(N)c1cccc(N(C)C)c1. The van der Waals surface area contributed by atoms with Gasteiger partial charge in [0, 0.05) is 26.8 Å². The predicted octanol–water partition coefficient (Wildman–Crippen LogP) is 1.54. The molecule has 0 bridgehead atoms. The molecule has 0 aliphatic rings. The molecule has 0 spiro atoms. The van der Waals surface area contributed by atoms with Gasteiger partial charge >= 0.3 is 0 Å². The summed E-state index contributed by atoms with van der Waals surface area (Å²) in [5.74, 6) is 0.713. The number of hydrogen-bond acceptors (Lipinski definition) is 4. The van der Waals surface area contributed by atoms with Crippen molar-refractivity contribution in [2.24, 2.45) is 12.8 Å². The van der Waals surface area contributed by atoms with Crippen LogP contribution in [0.5, 0.6) is 5.75 Å². The number of aromatic nitrogens is 2. The van der Waals surface area contributed by atoms with Gasteiger partial charge in [0.2, 0.25) is 0 Å². The van der Waals surface area contributed by atoms with Gasteiger partial charge in [0.25, 0.3) is 0 Å². The second-order valence-corrected chi connectivity index (χ2v) is 4.69. The van der Waals surface area contributed by atoms with Crippen LogP contribution in [0, 0.1) is 0 Å². The molecule has 1 heterocycles. The van der Waals surface area contributed by atoms with E-state index in [4.69, 9.17) is 10.5 Å². The molecule has 2 rings (SSSR count). The molecule has 1 aromatic carbocycles. The molecule has 0 radical (unpaired) electrons. The molecule has 0 fully saturated rings. The Kier molecular flexibility index (Phi) is 3.76. The first-order valence-electron chi connectivity index (χ1n) is 6.13. The maximum absolute atomic E-state index is 6.35. The van der Waals surface area contributed by atoms with Crippen LogP contribution in [0.2, 0.25) is 0 Å². The molecule has 19 heavy (non-hydrogen) atoms. The summed E-state index contributed by atoms with van der Waals surface area (Å²) >= 11 is 0. The molecule has 1 atom stereocenters. The third-order valence-corrected chi connectivity index (χ3v) is 3.21. The Morgan fingerprint density at radius 2 is 2.11 bits per heavy atom. The first-order chi connectivity index (χ1) is 9.04. The fourth-order valence-electron chi connectivity index (χ4n) is 2.09. The molecule has 5 heteroatoms. The number of benzene rings is 1. The van der Waals surface area contributed by atoms with Crippen LogP contribution < -0.4 is 15.4 Å². The van der Waals surface area contributed by atoms with E-state index >= 15 is 0 Å². The minimum atomic E-state index is -0.262.